The number of hydrogen-bond donors (Lipinski definition) is 1. The number of likely N-dealkylation sites (tertiary alicyclic amines) is 1. The molecule has 86 valence electrons. The molecule has 0 aromatic rings. The molecule has 1 N–H and O–H groups in total. The van der Waals surface area contributed by atoms with Gasteiger partial charge in [0.05, 0.1) is 6.54 Å². The van der Waals surface area contributed by atoms with Crippen LogP contribution in [0.3, 0.4) is 0 Å². The first-order valence-corrected chi connectivity index (χ1v) is 6.23. The average Bonchev–Trinajstić information content (AvgIpc) is 2.90. The normalized spacial score (nSPS) is 29.5. The number of nitrogens with zero attached hydrogens (tertiary/aromatic N) is 1. The summed E-state index contributed by atoms with van der Waals surface area (Å²) in [6.07, 6.45) is 4.04. The van der Waals surface area contributed by atoms with E-state index in [-0.39, 0.29) is 0 Å². The van der Waals surface area contributed by atoms with Crippen LogP contribution in [0.25, 0.3) is 0 Å². The Kier molecular flexibility index (Phi) is 5.14. The Morgan fingerprint density at radius 1 is 1.33 bits per heavy atom. The summed E-state index contributed by atoms with van der Waals surface area (Å²) in [6, 6.07) is 0. The molecule has 15 heavy (non-hydrogen) atoms. The molecule has 0 aromatic heterocycles. The molecule has 0 amide bonds. The van der Waals surface area contributed by atoms with Gasteiger partial charge >= 0.3 is 0 Å². The highest BCUT2D eigenvalue weighted by Gasteiger charge is 2.42. The molecule has 0 radical (unpaired) electrons. The molecule has 2 saturated heterocycles. The second kappa shape index (κ2) is 6.15. The van der Waals surface area contributed by atoms with Gasteiger partial charge in [0.1, 0.15) is 0 Å². The topological polar surface area (TPSA) is 15.3 Å². The van der Waals surface area contributed by atoms with Gasteiger partial charge in [-0.3, -0.25) is 4.90 Å². The van der Waals surface area contributed by atoms with Crippen LogP contribution in [0, 0.1) is 11.8 Å². The number of nitrogens with one attached hydrogen (secondary N) is 1. The summed E-state index contributed by atoms with van der Waals surface area (Å²) in [7, 11) is 0. The quantitative estimate of drug-likeness (QED) is 0.662. The van der Waals surface area contributed by atoms with Crippen molar-refractivity contribution in [2.75, 3.05) is 26.2 Å². The van der Waals surface area contributed by atoms with Crippen LogP contribution in [0.2, 0.25) is 0 Å². The third-order valence-corrected chi connectivity index (χ3v) is 3.41. The number of rotatable bonds is 1. The molecular weight excluding hydrogens is 184 g/mol. The van der Waals surface area contributed by atoms with Crippen molar-refractivity contribution < 1.29 is 0 Å². The van der Waals surface area contributed by atoms with Gasteiger partial charge in [0.15, 0.2) is 0 Å². The van der Waals surface area contributed by atoms with Crippen LogP contribution in [0.15, 0.2) is 0 Å². The summed E-state index contributed by atoms with van der Waals surface area (Å²) in [5.74, 6) is 6.18. The Bertz CT molecular complexity index is 225. The van der Waals surface area contributed by atoms with E-state index in [1.54, 1.807) is 0 Å². The third-order valence-electron chi connectivity index (χ3n) is 3.41. The second-order valence-corrected chi connectivity index (χ2v) is 4.10. The molecule has 2 heteroatoms. The predicted octanol–water partition coefficient (Wildman–Crippen LogP) is 1.86. The molecule has 1 unspecified atom stereocenters. The molecule has 2 aliphatic rings. The summed E-state index contributed by atoms with van der Waals surface area (Å²) in [5.41, 5.74) is 0.476. The van der Waals surface area contributed by atoms with Gasteiger partial charge < -0.3 is 5.32 Å². The minimum Gasteiger partial charge on any atom is -0.315 e. The van der Waals surface area contributed by atoms with Crippen LogP contribution >= 0.6 is 0 Å². The lowest BCUT2D eigenvalue weighted by atomic mass is 9.95. The fourth-order valence-electron chi connectivity index (χ4n) is 2.63. The standard InChI is InChI=1S/C11H18N2.C2H6/c1-2-3-8-13-9-4-5-11(13)6-7-12-10-11;1-2/h12H,4-10H2,1H3;1-2H3. The fourth-order valence-corrected chi connectivity index (χ4v) is 2.63. The lowest BCUT2D eigenvalue weighted by Gasteiger charge is -2.32. The molecule has 2 aliphatic heterocycles. The third kappa shape index (κ3) is 2.74. The summed E-state index contributed by atoms with van der Waals surface area (Å²) in [5, 5.41) is 3.47. The average molecular weight is 208 g/mol. The molecule has 0 saturated carbocycles. The van der Waals surface area contributed by atoms with E-state index in [1.165, 1.54) is 38.9 Å². The van der Waals surface area contributed by atoms with E-state index in [1.807, 2.05) is 20.8 Å². The zero-order valence-electron chi connectivity index (χ0n) is 10.4. The molecule has 2 fully saturated rings. The maximum Gasteiger partial charge on any atom is 0.0606 e. The summed E-state index contributed by atoms with van der Waals surface area (Å²) in [6.45, 7) is 10.5. The zero-order chi connectivity index (χ0) is 11.1. The van der Waals surface area contributed by atoms with Crippen molar-refractivity contribution in [3.05, 3.63) is 0 Å². The summed E-state index contributed by atoms with van der Waals surface area (Å²) < 4.78 is 0. The SMILES string of the molecule is CC.CC#CCN1CCCC12CCNC2. The Labute approximate surface area is 94.4 Å². The minimum absolute atomic E-state index is 0.476. The Morgan fingerprint density at radius 2 is 2.13 bits per heavy atom. The van der Waals surface area contributed by atoms with Crippen molar-refractivity contribution in [1.82, 2.24) is 10.2 Å². The highest BCUT2D eigenvalue weighted by atomic mass is 15.3. The van der Waals surface area contributed by atoms with Crippen LogP contribution in [-0.2, 0) is 0 Å². The van der Waals surface area contributed by atoms with Crippen molar-refractivity contribution in [2.24, 2.45) is 0 Å². The fraction of sp³-hybridized carbons (Fsp3) is 0.846. The molecule has 1 spiro atoms. The molecule has 2 heterocycles. The Balaban J connectivity index is 0.000000531. The van der Waals surface area contributed by atoms with Crippen molar-refractivity contribution in [3.63, 3.8) is 0 Å². The Morgan fingerprint density at radius 3 is 2.73 bits per heavy atom. The van der Waals surface area contributed by atoms with Crippen molar-refractivity contribution in [1.29, 1.82) is 0 Å². The van der Waals surface area contributed by atoms with Gasteiger partial charge in [0.2, 0.25) is 0 Å². The zero-order valence-corrected chi connectivity index (χ0v) is 10.4. The van der Waals surface area contributed by atoms with E-state index in [0.717, 1.165) is 6.54 Å². The lowest BCUT2D eigenvalue weighted by Crippen LogP contribution is -2.45. The van der Waals surface area contributed by atoms with Crippen molar-refractivity contribution >= 4 is 0 Å². The van der Waals surface area contributed by atoms with Gasteiger partial charge in [-0.15, -0.1) is 5.92 Å². The first kappa shape index (κ1) is 12.5. The number of hydrogen-bond acceptors (Lipinski definition) is 2. The molecule has 0 aliphatic carbocycles. The Hall–Kier alpha value is -0.520. The van der Waals surface area contributed by atoms with Crippen LogP contribution in [0.4, 0.5) is 0 Å². The highest BCUT2D eigenvalue weighted by molar-refractivity contribution is 5.07. The second-order valence-electron chi connectivity index (χ2n) is 4.10. The van der Waals surface area contributed by atoms with Crippen LogP contribution in [-0.4, -0.2) is 36.6 Å². The minimum atomic E-state index is 0.476. The van der Waals surface area contributed by atoms with Crippen LogP contribution in [0.1, 0.15) is 40.0 Å². The van der Waals surface area contributed by atoms with E-state index in [0.29, 0.717) is 5.54 Å². The molecule has 0 bridgehead atoms. The van der Waals surface area contributed by atoms with Gasteiger partial charge in [-0.05, 0) is 39.3 Å². The first-order valence-electron chi connectivity index (χ1n) is 6.23. The van der Waals surface area contributed by atoms with Gasteiger partial charge in [-0.25, -0.2) is 0 Å². The first-order chi connectivity index (χ1) is 7.37. The largest absolute Gasteiger partial charge is 0.315 e. The van der Waals surface area contributed by atoms with Crippen LogP contribution in [0.5, 0.6) is 0 Å². The smallest absolute Gasteiger partial charge is 0.0606 e. The molecule has 1 atom stereocenters. The molecule has 0 aromatic carbocycles. The van der Waals surface area contributed by atoms with E-state index in [2.05, 4.69) is 22.1 Å². The highest BCUT2D eigenvalue weighted by Crippen LogP contribution is 2.33. The van der Waals surface area contributed by atoms with Gasteiger partial charge in [0.25, 0.3) is 0 Å². The van der Waals surface area contributed by atoms with E-state index >= 15 is 0 Å². The molecular formula is C13H24N2. The lowest BCUT2D eigenvalue weighted by molar-refractivity contribution is 0.177. The maximum absolute atomic E-state index is 3.47. The monoisotopic (exact) mass is 208 g/mol. The van der Waals surface area contributed by atoms with Crippen molar-refractivity contribution in [3.8, 4) is 11.8 Å². The van der Waals surface area contributed by atoms with Gasteiger partial charge in [-0.2, -0.15) is 0 Å². The van der Waals surface area contributed by atoms with Gasteiger partial charge in [0, 0.05) is 12.1 Å². The van der Waals surface area contributed by atoms with Crippen molar-refractivity contribution in [2.45, 2.75) is 45.6 Å². The van der Waals surface area contributed by atoms with E-state index < -0.39 is 0 Å². The van der Waals surface area contributed by atoms with Crippen LogP contribution < -0.4 is 5.32 Å². The summed E-state index contributed by atoms with van der Waals surface area (Å²) >= 11 is 0. The van der Waals surface area contributed by atoms with E-state index in [4.69, 9.17) is 0 Å². The summed E-state index contributed by atoms with van der Waals surface area (Å²) in [4.78, 5) is 2.57. The maximum atomic E-state index is 3.47. The molecule has 2 rings (SSSR count). The predicted molar refractivity (Wildman–Crippen MR) is 65.8 cm³/mol. The van der Waals surface area contributed by atoms with Gasteiger partial charge in [-0.1, -0.05) is 19.8 Å². The molecule has 2 nitrogen and oxygen atoms in total. The van der Waals surface area contributed by atoms with E-state index in [9.17, 15) is 0 Å².